The molecule has 7 nitrogen and oxygen atoms in total. The normalized spacial score (nSPS) is 16.7. The number of hydrogen-bond acceptors (Lipinski definition) is 4. The lowest BCUT2D eigenvalue weighted by Gasteiger charge is -2.21. The highest BCUT2D eigenvalue weighted by Gasteiger charge is 2.32. The highest BCUT2D eigenvalue weighted by Crippen LogP contribution is 2.36. The number of carbonyl (C=O) groups excluding carboxylic acids is 1. The first-order valence-electron chi connectivity index (χ1n) is 12.2. The minimum Gasteiger partial charge on any atom is -0.395 e. The zero-order valence-electron chi connectivity index (χ0n) is 20.1. The third-order valence-corrected chi connectivity index (χ3v) is 7.18. The van der Waals surface area contributed by atoms with Gasteiger partial charge in [0, 0.05) is 62.4 Å². The van der Waals surface area contributed by atoms with Gasteiger partial charge in [0.25, 0.3) is 0 Å². The summed E-state index contributed by atoms with van der Waals surface area (Å²) in [4.78, 5) is 21.5. The van der Waals surface area contributed by atoms with Crippen LogP contribution in [0.5, 0.6) is 0 Å². The van der Waals surface area contributed by atoms with E-state index in [1.54, 1.807) is 18.3 Å². The number of anilines is 1. The zero-order valence-corrected chi connectivity index (χ0v) is 20.1. The highest BCUT2D eigenvalue weighted by molar-refractivity contribution is 5.96. The van der Waals surface area contributed by atoms with E-state index in [0.717, 1.165) is 46.1 Å². The molecule has 4 aromatic rings. The van der Waals surface area contributed by atoms with E-state index in [2.05, 4.69) is 43.4 Å². The Bertz CT molecular complexity index is 1420. The SMILES string of the molecule is CN(CCO)C[C@H]1CC(=O)N(c2ccc3c(c2)Cn2cc(-c4ccc(F)cc4)cc2-c2nccn2-3)C1. The van der Waals surface area contributed by atoms with Gasteiger partial charge < -0.3 is 19.5 Å². The first kappa shape index (κ1) is 22.7. The minimum absolute atomic E-state index is 0.117. The van der Waals surface area contributed by atoms with Crippen molar-refractivity contribution in [1.29, 1.82) is 0 Å². The maximum Gasteiger partial charge on any atom is 0.227 e. The second-order valence-electron chi connectivity index (χ2n) is 9.74. The average Bonchev–Trinajstić information content (AvgIpc) is 3.57. The number of amides is 1. The summed E-state index contributed by atoms with van der Waals surface area (Å²) in [5.74, 6) is 0.964. The van der Waals surface area contributed by atoms with Crippen LogP contribution in [0.4, 0.5) is 10.1 Å². The smallest absolute Gasteiger partial charge is 0.227 e. The van der Waals surface area contributed by atoms with Gasteiger partial charge in [-0.3, -0.25) is 9.36 Å². The molecule has 0 unspecified atom stereocenters. The number of fused-ring (bicyclic) bond motifs is 5. The van der Waals surface area contributed by atoms with E-state index in [0.29, 0.717) is 26.1 Å². The Labute approximate surface area is 209 Å². The van der Waals surface area contributed by atoms with E-state index in [9.17, 15) is 14.3 Å². The molecule has 2 aromatic heterocycles. The maximum absolute atomic E-state index is 13.5. The molecular formula is C28H28FN5O2. The van der Waals surface area contributed by atoms with Crippen LogP contribution in [0.1, 0.15) is 12.0 Å². The Morgan fingerprint density at radius 2 is 1.97 bits per heavy atom. The molecule has 8 heteroatoms. The first-order valence-corrected chi connectivity index (χ1v) is 12.2. The first-order chi connectivity index (χ1) is 17.5. The molecule has 184 valence electrons. The highest BCUT2D eigenvalue weighted by atomic mass is 19.1. The van der Waals surface area contributed by atoms with Crippen LogP contribution in [0.25, 0.3) is 28.3 Å². The molecule has 0 saturated carbocycles. The second kappa shape index (κ2) is 9.04. The summed E-state index contributed by atoms with van der Waals surface area (Å²) in [7, 11) is 1.98. The molecule has 1 saturated heterocycles. The van der Waals surface area contributed by atoms with E-state index < -0.39 is 0 Å². The number of aliphatic hydroxyl groups is 1. The van der Waals surface area contributed by atoms with E-state index >= 15 is 0 Å². The maximum atomic E-state index is 13.5. The van der Waals surface area contributed by atoms with Crippen LogP contribution in [-0.4, -0.2) is 63.3 Å². The van der Waals surface area contributed by atoms with Crippen molar-refractivity contribution >= 4 is 11.6 Å². The fourth-order valence-corrected chi connectivity index (χ4v) is 5.46. The number of benzene rings is 2. The molecule has 0 spiro atoms. The van der Waals surface area contributed by atoms with Gasteiger partial charge in [-0.25, -0.2) is 9.37 Å². The molecule has 2 aromatic carbocycles. The number of hydrogen-bond donors (Lipinski definition) is 1. The summed E-state index contributed by atoms with van der Waals surface area (Å²) in [5, 5.41) is 9.19. The molecule has 0 bridgehead atoms. The van der Waals surface area contributed by atoms with Crippen molar-refractivity contribution in [2.24, 2.45) is 5.92 Å². The summed E-state index contributed by atoms with van der Waals surface area (Å²) in [6.45, 7) is 2.81. The number of rotatable bonds is 6. The zero-order chi connectivity index (χ0) is 24.8. The molecule has 1 amide bonds. The predicted octanol–water partition coefficient (Wildman–Crippen LogP) is 3.79. The second-order valence-corrected chi connectivity index (χ2v) is 9.74. The number of likely N-dealkylation sites (N-methyl/N-ethyl adjacent to an activating group) is 1. The number of nitrogens with zero attached hydrogens (tertiary/aromatic N) is 5. The topological polar surface area (TPSA) is 66.5 Å². The minimum atomic E-state index is -0.254. The van der Waals surface area contributed by atoms with Gasteiger partial charge in [0.05, 0.1) is 18.0 Å². The van der Waals surface area contributed by atoms with Crippen LogP contribution in [0, 0.1) is 11.7 Å². The van der Waals surface area contributed by atoms with Gasteiger partial charge in [-0.1, -0.05) is 12.1 Å². The van der Waals surface area contributed by atoms with E-state index in [1.165, 1.54) is 12.1 Å². The van der Waals surface area contributed by atoms with Gasteiger partial charge in [0.2, 0.25) is 5.91 Å². The lowest BCUT2D eigenvalue weighted by atomic mass is 10.1. The fraction of sp³-hybridized carbons (Fsp3) is 0.286. The number of aromatic nitrogens is 3. The Kier molecular flexibility index (Phi) is 5.70. The molecule has 2 aliphatic rings. The van der Waals surface area contributed by atoms with E-state index in [4.69, 9.17) is 0 Å². The molecule has 1 fully saturated rings. The summed E-state index contributed by atoms with van der Waals surface area (Å²) in [6.07, 6.45) is 6.35. The third kappa shape index (κ3) is 4.02. The number of aliphatic hydroxyl groups excluding tert-OH is 1. The molecule has 36 heavy (non-hydrogen) atoms. The van der Waals surface area contributed by atoms with E-state index in [1.807, 2.05) is 24.2 Å². The van der Waals surface area contributed by atoms with Crippen molar-refractivity contribution in [2.45, 2.75) is 13.0 Å². The Morgan fingerprint density at radius 3 is 2.78 bits per heavy atom. The molecule has 1 N–H and O–H groups in total. The predicted molar refractivity (Wildman–Crippen MR) is 137 cm³/mol. The van der Waals surface area contributed by atoms with Crippen molar-refractivity contribution in [3.05, 3.63) is 78.5 Å². The van der Waals surface area contributed by atoms with Gasteiger partial charge in [-0.15, -0.1) is 0 Å². The molecule has 1 atom stereocenters. The number of imidazole rings is 1. The number of carbonyl (C=O) groups is 1. The fourth-order valence-electron chi connectivity index (χ4n) is 5.46. The van der Waals surface area contributed by atoms with Gasteiger partial charge in [-0.2, -0.15) is 0 Å². The standard InChI is InChI=1S/C28H28FN5O2/c1-31(10-11-35)15-19-12-27(36)34(16-19)24-6-7-25-22(13-24)18-32-17-21(20-2-4-23(29)5-3-20)14-26(32)28-30-8-9-33(25)28/h2-9,13-14,17,19,35H,10-12,15-16,18H2,1H3/t19-/m1/s1. The third-order valence-electron chi connectivity index (χ3n) is 7.18. The van der Waals surface area contributed by atoms with Gasteiger partial charge in [0.15, 0.2) is 5.82 Å². The monoisotopic (exact) mass is 485 g/mol. The van der Waals surface area contributed by atoms with Crippen LogP contribution in [0.3, 0.4) is 0 Å². The van der Waals surface area contributed by atoms with Crippen LogP contribution in [-0.2, 0) is 11.3 Å². The molecular weight excluding hydrogens is 457 g/mol. The van der Waals surface area contributed by atoms with Crippen molar-refractivity contribution < 1.29 is 14.3 Å². The Hall–Kier alpha value is -3.75. The van der Waals surface area contributed by atoms with Crippen LogP contribution in [0.2, 0.25) is 0 Å². The van der Waals surface area contributed by atoms with Crippen molar-refractivity contribution in [3.8, 4) is 28.3 Å². The molecule has 0 radical (unpaired) electrons. The number of halogens is 1. The summed E-state index contributed by atoms with van der Waals surface area (Å²) in [6, 6.07) is 14.8. The van der Waals surface area contributed by atoms with Crippen LogP contribution >= 0.6 is 0 Å². The lowest BCUT2D eigenvalue weighted by molar-refractivity contribution is -0.117. The van der Waals surface area contributed by atoms with E-state index in [-0.39, 0.29) is 24.2 Å². The average molecular weight is 486 g/mol. The molecule has 4 heterocycles. The quantitative estimate of drug-likeness (QED) is 0.398. The largest absolute Gasteiger partial charge is 0.395 e. The Morgan fingerprint density at radius 1 is 1.14 bits per heavy atom. The summed E-state index contributed by atoms with van der Waals surface area (Å²) < 4.78 is 17.7. The van der Waals surface area contributed by atoms with Crippen molar-refractivity contribution in [3.63, 3.8) is 0 Å². The van der Waals surface area contributed by atoms with Gasteiger partial charge >= 0.3 is 0 Å². The van der Waals surface area contributed by atoms with Crippen molar-refractivity contribution in [2.75, 3.05) is 38.2 Å². The van der Waals surface area contributed by atoms with Crippen LogP contribution in [0.15, 0.2) is 67.1 Å². The lowest BCUT2D eigenvalue weighted by Crippen LogP contribution is -2.30. The summed E-state index contributed by atoms with van der Waals surface area (Å²) in [5.41, 5.74) is 5.99. The van der Waals surface area contributed by atoms with Gasteiger partial charge in [0.1, 0.15) is 5.82 Å². The van der Waals surface area contributed by atoms with Crippen molar-refractivity contribution in [1.82, 2.24) is 19.0 Å². The van der Waals surface area contributed by atoms with Gasteiger partial charge in [-0.05, 0) is 60.5 Å². The molecule has 0 aliphatic carbocycles. The Balaban J connectivity index is 1.33. The molecule has 2 aliphatic heterocycles. The van der Waals surface area contributed by atoms with Crippen LogP contribution < -0.4 is 4.90 Å². The molecule has 6 rings (SSSR count). The summed E-state index contributed by atoms with van der Waals surface area (Å²) >= 11 is 0.